The summed E-state index contributed by atoms with van der Waals surface area (Å²) < 4.78 is 13.4. The quantitative estimate of drug-likeness (QED) is 0.863. The summed E-state index contributed by atoms with van der Waals surface area (Å²) in [6, 6.07) is 2.75. The van der Waals surface area contributed by atoms with Crippen molar-refractivity contribution in [1.82, 2.24) is 0 Å². The molecule has 1 aromatic carbocycles. The lowest BCUT2D eigenvalue weighted by atomic mass is 9.96. The zero-order valence-electron chi connectivity index (χ0n) is 10.4. The predicted molar refractivity (Wildman–Crippen MR) is 71.5 cm³/mol. The molecule has 18 heavy (non-hydrogen) atoms. The minimum absolute atomic E-state index is 0.0122. The van der Waals surface area contributed by atoms with Gasteiger partial charge in [-0.05, 0) is 18.4 Å². The molecule has 2 rings (SSSR count). The monoisotopic (exact) mass is 270 g/mol. The van der Waals surface area contributed by atoms with Gasteiger partial charge in [0.05, 0.1) is 22.3 Å². The third-order valence-corrected chi connectivity index (χ3v) is 3.27. The van der Waals surface area contributed by atoms with Gasteiger partial charge in [0.2, 0.25) is 5.91 Å². The van der Waals surface area contributed by atoms with E-state index in [-0.39, 0.29) is 16.8 Å². The van der Waals surface area contributed by atoms with Crippen molar-refractivity contribution < 1.29 is 9.18 Å². The largest absolute Gasteiger partial charge is 0.382 e. The van der Waals surface area contributed by atoms with Gasteiger partial charge in [-0.2, -0.15) is 0 Å². The molecular formula is C13H16ClFN2O. The Bertz CT molecular complexity index is 476. The molecule has 5 heteroatoms. The molecule has 1 atom stereocenters. The summed E-state index contributed by atoms with van der Waals surface area (Å²) in [5.41, 5.74) is 1.12. The first kappa shape index (κ1) is 13.1. The smallest absolute Gasteiger partial charge is 0.229 e. The highest BCUT2D eigenvalue weighted by atomic mass is 35.5. The second-order valence-electron chi connectivity index (χ2n) is 5.01. The number of anilines is 2. The SMILES string of the molecule is CC(C)CC1CNc2cc(F)c(Cl)cc2NC1=O. The lowest BCUT2D eigenvalue weighted by molar-refractivity contribution is -0.119. The molecule has 1 aliphatic rings. The fourth-order valence-corrected chi connectivity index (χ4v) is 2.28. The van der Waals surface area contributed by atoms with E-state index < -0.39 is 5.82 Å². The third kappa shape index (κ3) is 2.75. The molecule has 2 N–H and O–H groups in total. The van der Waals surface area contributed by atoms with Gasteiger partial charge in [-0.25, -0.2) is 4.39 Å². The minimum atomic E-state index is -0.487. The second-order valence-corrected chi connectivity index (χ2v) is 5.42. The van der Waals surface area contributed by atoms with Crippen LogP contribution >= 0.6 is 11.6 Å². The van der Waals surface area contributed by atoms with Crippen LogP contribution in [0.25, 0.3) is 0 Å². The van der Waals surface area contributed by atoms with Gasteiger partial charge in [0.15, 0.2) is 0 Å². The highest BCUT2D eigenvalue weighted by Crippen LogP contribution is 2.31. The number of carbonyl (C=O) groups is 1. The van der Waals surface area contributed by atoms with Crippen LogP contribution in [0.15, 0.2) is 12.1 Å². The van der Waals surface area contributed by atoms with Crippen molar-refractivity contribution in [2.45, 2.75) is 20.3 Å². The zero-order valence-corrected chi connectivity index (χ0v) is 11.1. The average molecular weight is 271 g/mol. The highest BCUT2D eigenvalue weighted by molar-refractivity contribution is 6.31. The normalized spacial score (nSPS) is 18.9. The Labute approximate surface area is 111 Å². The van der Waals surface area contributed by atoms with Crippen molar-refractivity contribution in [1.29, 1.82) is 0 Å². The molecule has 1 unspecified atom stereocenters. The molecule has 0 radical (unpaired) electrons. The molecule has 0 saturated heterocycles. The summed E-state index contributed by atoms with van der Waals surface area (Å²) in [5.74, 6) is -0.208. The van der Waals surface area contributed by atoms with Crippen molar-refractivity contribution in [3.05, 3.63) is 23.0 Å². The number of fused-ring (bicyclic) bond motifs is 1. The molecule has 98 valence electrons. The number of benzene rings is 1. The van der Waals surface area contributed by atoms with E-state index in [1.54, 1.807) is 0 Å². The molecule has 0 bridgehead atoms. The molecule has 0 saturated carbocycles. The van der Waals surface area contributed by atoms with Crippen LogP contribution in [0.2, 0.25) is 5.02 Å². The van der Waals surface area contributed by atoms with E-state index in [1.807, 2.05) is 0 Å². The van der Waals surface area contributed by atoms with Gasteiger partial charge in [0.1, 0.15) is 5.82 Å². The Balaban J connectivity index is 2.24. The molecule has 1 aromatic rings. The number of hydrogen-bond donors (Lipinski definition) is 2. The van der Waals surface area contributed by atoms with Crippen molar-refractivity contribution in [3.8, 4) is 0 Å². The van der Waals surface area contributed by atoms with E-state index >= 15 is 0 Å². The van der Waals surface area contributed by atoms with E-state index in [0.29, 0.717) is 23.8 Å². The molecule has 0 aliphatic carbocycles. The van der Waals surface area contributed by atoms with Crippen molar-refractivity contribution >= 4 is 28.9 Å². The number of hydrogen-bond acceptors (Lipinski definition) is 2. The Morgan fingerprint density at radius 2 is 2.17 bits per heavy atom. The number of rotatable bonds is 2. The summed E-state index contributed by atoms with van der Waals surface area (Å²) in [5, 5.41) is 5.90. The Morgan fingerprint density at radius 3 is 2.83 bits per heavy atom. The van der Waals surface area contributed by atoms with Crippen LogP contribution in [-0.2, 0) is 4.79 Å². The maximum absolute atomic E-state index is 13.4. The van der Waals surface area contributed by atoms with Crippen LogP contribution in [-0.4, -0.2) is 12.5 Å². The van der Waals surface area contributed by atoms with Gasteiger partial charge in [-0.15, -0.1) is 0 Å². The molecular weight excluding hydrogens is 255 g/mol. The molecule has 3 nitrogen and oxygen atoms in total. The van der Waals surface area contributed by atoms with Crippen LogP contribution in [0.4, 0.5) is 15.8 Å². The molecule has 1 amide bonds. The van der Waals surface area contributed by atoms with Crippen LogP contribution in [0.1, 0.15) is 20.3 Å². The lowest BCUT2D eigenvalue weighted by Gasteiger charge is -2.15. The van der Waals surface area contributed by atoms with Gasteiger partial charge in [0, 0.05) is 12.6 Å². The molecule has 0 fully saturated rings. The average Bonchev–Trinajstić information content (AvgIpc) is 2.41. The second kappa shape index (κ2) is 5.14. The molecule has 0 aromatic heterocycles. The maximum atomic E-state index is 13.4. The number of nitrogens with one attached hydrogen (secondary N) is 2. The standard InChI is InChI=1S/C13H16ClFN2O/c1-7(2)3-8-6-16-11-5-10(15)9(14)4-12(11)17-13(8)18/h4-5,7-8,16H,3,6H2,1-2H3,(H,17,18). The lowest BCUT2D eigenvalue weighted by Crippen LogP contribution is -2.27. The Morgan fingerprint density at radius 1 is 1.44 bits per heavy atom. The van der Waals surface area contributed by atoms with E-state index in [0.717, 1.165) is 6.42 Å². The van der Waals surface area contributed by atoms with Crippen LogP contribution in [0, 0.1) is 17.7 Å². The molecule has 1 heterocycles. The zero-order chi connectivity index (χ0) is 13.3. The first-order valence-corrected chi connectivity index (χ1v) is 6.39. The van der Waals surface area contributed by atoms with Crippen LogP contribution < -0.4 is 10.6 Å². The van der Waals surface area contributed by atoms with Crippen LogP contribution in [0.3, 0.4) is 0 Å². The Kier molecular flexibility index (Phi) is 3.76. The molecule has 1 aliphatic heterocycles. The first-order valence-electron chi connectivity index (χ1n) is 6.01. The predicted octanol–water partition coefficient (Wildman–Crippen LogP) is 3.51. The summed E-state index contributed by atoms with van der Waals surface area (Å²) in [7, 11) is 0. The molecule has 0 spiro atoms. The highest BCUT2D eigenvalue weighted by Gasteiger charge is 2.24. The van der Waals surface area contributed by atoms with Gasteiger partial charge in [-0.3, -0.25) is 4.79 Å². The number of carbonyl (C=O) groups excluding carboxylic acids is 1. The third-order valence-electron chi connectivity index (χ3n) is 2.98. The first-order chi connectivity index (χ1) is 8.47. The summed E-state index contributed by atoms with van der Waals surface area (Å²) >= 11 is 5.71. The van der Waals surface area contributed by atoms with Crippen LogP contribution in [0.5, 0.6) is 0 Å². The fraction of sp³-hybridized carbons (Fsp3) is 0.462. The topological polar surface area (TPSA) is 41.1 Å². The van der Waals surface area contributed by atoms with Gasteiger partial charge in [0.25, 0.3) is 0 Å². The van der Waals surface area contributed by atoms with Crippen molar-refractivity contribution in [2.24, 2.45) is 11.8 Å². The van der Waals surface area contributed by atoms with Crippen molar-refractivity contribution in [2.75, 3.05) is 17.2 Å². The van der Waals surface area contributed by atoms with Gasteiger partial charge in [-0.1, -0.05) is 25.4 Å². The minimum Gasteiger partial charge on any atom is -0.382 e. The maximum Gasteiger partial charge on any atom is 0.229 e. The van der Waals surface area contributed by atoms with Gasteiger partial charge < -0.3 is 10.6 Å². The Hall–Kier alpha value is -1.29. The number of amides is 1. The summed E-state index contributed by atoms with van der Waals surface area (Å²) in [6.45, 7) is 4.65. The summed E-state index contributed by atoms with van der Waals surface area (Å²) in [6.07, 6.45) is 0.795. The fourth-order valence-electron chi connectivity index (χ4n) is 2.12. The number of halogens is 2. The van der Waals surface area contributed by atoms with E-state index in [9.17, 15) is 9.18 Å². The van der Waals surface area contributed by atoms with E-state index in [1.165, 1.54) is 12.1 Å². The van der Waals surface area contributed by atoms with E-state index in [4.69, 9.17) is 11.6 Å². The summed E-state index contributed by atoms with van der Waals surface area (Å²) in [4.78, 5) is 12.0. The van der Waals surface area contributed by atoms with Gasteiger partial charge >= 0.3 is 0 Å². The van der Waals surface area contributed by atoms with E-state index in [2.05, 4.69) is 24.5 Å². The van der Waals surface area contributed by atoms with Crippen molar-refractivity contribution in [3.63, 3.8) is 0 Å².